The molecule has 5 nitrogen and oxygen atoms in total. The second kappa shape index (κ2) is 10.3. The number of allylic oxidation sites excluding steroid dienone is 2. The minimum atomic E-state index is -0.327. The quantitative estimate of drug-likeness (QED) is 0.199. The SMILES string of the molecule is CC1=CCC[C@H](C)C1c1c(C)nn(-c2cccc(Oc3ccc4c5ccccc5n(-c5cc(F)ccn5)c4c3)c2)c1C. The van der Waals surface area contributed by atoms with Gasteiger partial charge in [-0.15, -0.1) is 0 Å². The molecule has 0 amide bonds. The standard InChI is InChI=1S/C36H33FN4O/c1-22-9-7-10-23(2)35(22)36-24(3)39-41(25(36)4)27-11-8-12-28(20-27)42-29-15-16-31-30-13-5-6-14-32(30)40(33(31)21-29)34-19-26(37)17-18-38-34/h5-6,8-9,11-21,23,35H,7,10H2,1-4H3/t23-,35?/m0/s1. The number of halogens is 1. The number of hydrogen-bond acceptors (Lipinski definition) is 3. The summed E-state index contributed by atoms with van der Waals surface area (Å²) in [5, 5.41) is 7.11. The highest BCUT2D eigenvalue weighted by Crippen LogP contribution is 2.41. The van der Waals surface area contributed by atoms with E-state index in [9.17, 15) is 4.39 Å². The first-order valence-electron chi connectivity index (χ1n) is 14.5. The summed E-state index contributed by atoms with van der Waals surface area (Å²) in [4.78, 5) is 4.47. The highest BCUT2D eigenvalue weighted by molar-refractivity contribution is 6.09. The molecule has 1 aliphatic rings. The summed E-state index contributed by atoms with van der Waals surface area (Å²) in [6.45, 7) is 8.90. The van der Waals surface area contributed by atoms with E-state index in [0.717, 1.165) is 45.4 Å². The molecule has 2 atom stereocenters. The molecule has 0 fully saturated rings. The zero-order valence-electron chi connectivity index (χ0n) is 24.3. The van der Waals surface area contributed by atoms with Crippen molar-refractivity contribution in [2.75, 3.05) is 0 Å². The summed E-state index contributed by atoms with van der Waals surface area (Å²) < 4.78 is 24.7. The van der Waals surface area contributed by atoms with Crippen molar-refractivity contribution in [3.8, 4) is 23.0 Å². The van der Waals surface area contributed by atoms with Gasteiger partial charge in [0.1, 0.15) is 23.1 Å². The van der Waals surface area contributed by atoms with Crippen molar-refractivity contribution in [3.05, 3.63) is 119 Å². The Balaban J connectivity index is 1.27. The molecule has 3 heterocycles. The summed E-state index contributed by atoms with van der Waals surface area (Å²) in [6.07, 6.45) is 6.23. The molecule has 1 aliphatic carbocycles. The third kappa shape index (κ3) is 4.38. The molecular weight excluding hydrogens is 523 g/mol. The minimum absolute atomic E-state index is 0.327. The lowest BCUT2D eigenvalue weighted by atomic mass is 9.75. The summed E-state index contributed by atoms with van der Waals surface area (Å²) >= 11 is 0. The Hall–Kier alpha value is -4.71. The molecule has 210 valence electrons. The van der Waals surface area contributed by atoms with E-state index in [0.29, 0.717) is 23.4 Å². The van der Waals surface area contributed by atoms with Gasteiger partial charge < -0.3 is 4.74 Å². The molecule has 0 aliphatic heterocycles. The molecule has 0 spiro atoms. The Kier molecular flexibility index (Phi) is 6.42. The summed E-state index contributed by atoms with van der Waals surface area (Å²) in [7, 11) is 0. The first kappa shape index (κ1) is 26.2. The van der Waals surface area contributed by atoms with Crippen LogP contribution in [0.5, 0.6) is 11.5 Å². The average Bonchev–Trinajstić information content (AvgIpc) is 3.46. The number of pyridine rings is 1. The number of hydrogen-bond donors (Lipinski definition) is 0. The maximum absolute atomic E-state index is 14.2. The van der Waals surface area contributed by atoms with Gasteiger partial charge in [-0.2, -0.15) is 5.10 Å². The van der Waals surface area contributed by atoms with Gasteiger partial charge in [0.05, 0.1) is 22.4 Å². The van der Waals surface area contributed by atoms with Crippen LogP contribution < -0.4 is 4.74 Å². The van der Waals surface area contributed by atoms with Crippen LogP contribution in [0.15, 0.2) is 96.7 Å². The van der Waals surface area contributed by atoms with Crippen LogP contribution in [-0.2, 0) is 0 Å². The number of aryl methyl sites for hydroxylation is 1. The lowest BCUT2D eigenvalue weighted by molar-refractivity contribution is 0.447. The van der Waals surface area contributed by atoms with Gasteiger partial charge in [0, 0.05) is 52.3 Å². The average molecular weight is 557 g/mol. The number of fused-ring (bicyclic) bond motifs is 3. The van der Waals surface area contributed by atoms with E-state index in [1.165, 1.54) is 41.6 Å². The van der Waals surface area contributed by atoms with Crippen LogP contribution in [0.25, 0.3) is 33.3 Å². The highest BCUT2D eigenvalue weighted by atomic mass is 19.1. The number of benzene rings is 3. The van der Waals surface area contributed by atoms with Crippen LogP contribution in [0.1, 0.15) is 49.6 Å². The second-order valence-electron chi connectivity index (χ2n) is 11.4. The van der Waals surface area contributed by atoms with Crippen LogP contribution in [0.2, 0.25) is 0 Å². The lowest BCUT2D eigenvalue weighted by Gasteiger charge is -2.29. The van der Waals surface area contributed by atoms with E-state index in [-0.39, 0.29) is 5.82 Å². The molecule has 0 N–H and O–H groups in total. The van der Waals surface area contributed by atoms with Crippen molar-refractivity contribution < 1.29 is 9.13 Å². The van der Waals surface area contributed by atoms with Crippen molar-refractivity contribution in [3.63, 3.8) is 0 Å². The molecule has 6 heteroatoms. The Bertz CT molecular complexity index is 2000. The molecule has 0 saturated carbocycles. The molecule has 1 unspecified atom stereocenters. The first-order chi connectivity index (χ1) is 20.4. The molecular formula is C36H33FN4O. The van der Waals surface area contributed by atoms with Gasteiger partial charge >= 0.3 is 0 Å². The van der Waals surface area contributed by atoms with E-state index in [1.54, 1.807) is 0 Å². The van der Waals surface area contributed by atoms with Gasteiger partial charge in [-0.1, -0.05) is 42.8 Å². The first-order valence-corrected chi connectivity index (χ1v) is 14.5. The maximum atomic E-state index is 14.2. The smallest absolute Gasteiger partial charge is 0.140 e. The monoisotopic (exact) mass is 556 g/mol. The number of para-hydroxylation sites is 1. The van der Waals surface area contributed by atoms with Gasteiger partial charge in [0.15, 0.2) is 0 Å². The summed E-state index contributed by atoms with van der Waals surface area (Å²) in [5.74, 6) is 2.59. The molecule has 42 heavy (non-hydrogen) atoms. The number of rotatable bonds is 5. The maximum Gasteiger partial charge on any atom is 0.140 e. The van der Waals surface area contributed by atoms with Crippen molar-refractivity contribution in [1.82, 2.24) is 19.3 Å². The summed E-state index contributed by atoms with van der Waals surface area (Å²) in [5.41, 5.74) is 7.85. The normalized spacial score (nSPS) is 17.1. The van der Waals surface area contributed by atoms with E-state index < -0.39 is 0 Å². The van der Waals surface area contributed by atoms with Gasteiger partial charge in [-0.3, -0.25) is 4.57 Å². The fourth-order valence-electron chi connectivity index (χ4n) is 6.78. The molecule has 0 radical (unpaired) electrons. The van der Waals surface area contributed by atoms with Gasteiger partial charge in [0.25, 0.3) is 0 Å². The zero-order chi connectivity index (χ0) is 29.0. The molecule has 3 aromatic heterocycles. The fourth-order valence-corrected chi connectivity index (χ4v) is 6.78. The topological polar surface area (TPSA) is 44.9 Å². The largest absolute Gasteiger partial charge is 0.457 e. The number of aromatic nitrogens is 4. The van der Waals surface area contributed by atoms with E-state index in [4.69, 9.17) is 9.84 Å². The van der Waals surface area contributed by atoms with Gasteiger partial charge in [-0.25, -0.2) is 14.1 Å². The number of ether oxygens (including phenoxy) is 1. The highest BCUT2D eigenvalue weighted by Gasteiger charge is 2.29. The van der Waals surface area contributed by atoms with Crippen LogP contribution >= 0.6 is 0 Å². The number of nitrogens with zero attached hydrogens (tertiary/aromatic N) is 4. The molecule has 7 rings (SSSR count). The zero-order valence-corrected chi connectivity index (χ0v) is 24.3. The van der Waals surface area contributed by atoms with E-state index >= 15 is 0 Å². The fraction of sp³-hybridized carbons (Fsp3) is 0.222. The van der Waals surface area contributed by atoms with Crippen molar-refractivity contribution >= 4 is 21.8 Å². The Labute approximate surface area is 244 Å². The second-order valence-corrected chi connectivity index (χ2v) is 11.4. The van der Waals surface area contributed by atoms with Gasteiger partial charge in [0.2, 0.25) is 0 Å². The molecule has 3 aromatic carbocycles. The molecule has 6 aromatic rings. The van der Waals surface area contributed by atoms with Crippen LogP contribution in [0, 0.1) is 25.6 Å². The molecule has 0 bridgehead atoms. The van der Waals surface area contributed by atoms with E-state index in [2.05, 4.69) is 57.0 Å². The predicted molar refractivity (Wildman–Crippen MR) is 167 cm³/mol. The van der Waals surface area contributed by atoms with Crippen LogP contribution in [0.3, 0.4) is 0 Å². The van der Waals surface area contributed by atoms with Crippen LogP contribution in [0.4, 0.5) is 4.39 Å². The van der Waals surface area contributed by atoms with E-state index in [1.807, 2.05) is 57.8 Å². The Morgan fingerprint density at radius 1 is 0.857 bits per heavy atom. The summed E-state index contributed by atoms with van der Waals surface area (Å²) in [6, 6.07) is 25.0. The van der Waals surface area contributed by atoms with Crippen molar-refractivity contribution in [1.29, 1.82) is 0 Å². The van der Waals surface area contributed by atoms with Crippen molar-refractivity contribution in [2.45, 2.75) is 46.5 Å². The van der Waals surface area contributed by atoms with Crippen LogP contribution in [-0.4, -0.2) is 19.3 Å². The predicted octanol–water partition coefficient (Wildman–Crippen LogP) is 9.37. The molecule has 0 saturated heterocycles. The Morgan fingerprint density at radius 3 is 2.50 bits per heavy atom. The minimum Gasteiger partial charge on any atom is -0.457 e. The lowest BCUT2D eigenvalue weighted by Crippen LogP contribution is -2.16. The third-order valence-electron chi connectivity index (χ3n) is 8.69. The van der Waals surface area contributed by atoms with Gasteiger partial charge in [-0.05, 0) is 75.9 Å². The third-order valence-corrected chi connectivity index (χ3v) is 8.69. The van der Waals surface area contributed by atoms with Crippen molar-refractivity contribution in [2.24, 2.45) is 5.92 Å². The Morgan fingerprint density at radius 2 is 1.67 bits per heavy atom.